The van der Waals surface area contributed by atoms with E-state index >= 15 is 0 Å². The van der Waals surface area contributed by atoms with Gasteiger partial charge in [0.05, 0.1) is 6.61 Å². The number of ether oxygens (including phenoxy) is 1. The first kappa shape index (κ1) is 14.8. The second kappa shape index (κ2) is 6.71. The Morgan fingerprint density at radius 3 is 2.79 bits per heavy atom. The molecule has 2 N–H and O–H groups in total. The van der Waals surface area contributed by atoms with Crippen molar-refractivity contribution in [2.45, 2.75) is 45.1 Å². The lowest BCUT2D eigenvalue weighted by molar-refractivity contribution is -0.136. The van der Waals surface area contributed by atoms with Gasteiger partial charge in [-0.25, -0.2) is 0 Å². The molecule has 0 bridgehead atoms. The van der Waals surface area contributed by atoms with Crippen LogP contribution in [0.15, 0.2) is 0 Å². The molecule has 110 valence electrons. The molecule has 1 amide bonds. The van der Waals surface area contributed by atoms with Gasteiger partial charge in [0.1, 0.15) is 0 Å². The maximum absolute atomic E-state index is 12.5. The van der Waals surface area contributed by atoms with Gasteiger partial charge in [-0.3, -0.25) is 4.79 Å². The summed E-state index contributed by atoms with van der Waals surface area (Å²) in [5.41, 5.74) is 6.10. The summed E-state index contributed by atoms with van der Waals surface area (Å²) in [6.45, 7) is 4.71. The van der Waals surface area contributed by atoms with E-state index < -0.39 is 0 Å². The molecule has 1 heterocycles. The van der Waals surface area contributed by atoms with Crippen LogP contribution in [0.3, 0.4) is 0 Å². The molecule has 2 aliphatic rings. The number of nitrogens with zero attached hydrogens (tertiary/aromatic N) is 1. The lowest BCUT2D eigenvalue weighted by Crippen LogP contribution is -2.43. The topological polar surface area (TPSA) is 55.6 Å². The Bertz CT molecular complexity index is 303. The Morgan fingerprint density at radius 1 is 1.37 bits per heavy atom. The van der Waals surface area contributed by atoms with Crippen LogP contribution in [0.1, 0.15) is 39.0 Å². The van der Waals surface area contributed by atoms with Crippen LogP contribution in [0.4, 0.5) is 0 Å². The largest absolute Gasteiger partial charge is 0.381 e. The van der Waals surface area contributed by atoms with E-state index in [1.165, 1.54) is 6.42 Å². The minimum atomic E-state index is 0.140. The van der Waals surface area contributed by atoms with Gasteiger partial charge in [-0.2, -0.15) is 0 Å². The molecule has 2 rings (SSSR count). The van der Waals surface area contributed by atoms with Gasteiger partial charge in [-0.15, -0.1) is 0 Å². The maximum Gasteiger partial charge on any atom is 0.225 e. The number of amides is 1. The fraction of sp³-hybridized carbons (Fsp3) is 0.933. The Hall–Kier alpha value is -0.610. The molecule has 1 aliphatic carbocycles. The van der Waals surface area contributed by atoms with Crippen LogP contribution < -0.4 is 5.73 Å². The molecule has 4 nitrogen and oxygen atoms in total. The molecular formula is C15H28N2O2. The van der Waals surface area contributed by atoms with Crippen molar-refractivity contribution in [3.8, 4) is 0 Å². The molecule has 0 spiro atoms. The van der Waals surface area contributed by atoms with E-state index in [-0.39, 0.29) is 17.9 Å². The van der Waals surface area contributed by atoms with Crippen molar-refractivity contribution in [3.63, 3.8) is 0 Å². The normalized spacial score (nSPS) is 35.9. The second-order valence-corrected chi connectivity index (χ2v) is 6.45. The highest BCUT2D eigenvalue weighted by Crippen LogP contribution is 2.29. The van der Waals surface area contributed by atoms with Crippen molar-refractivity contribution >= 4 is 5.91 Å². The molecule has 0 radical (unpaired) electrons. The van der Waals surface area contributed by atoms with E-state index in [4.69, 9.17) is 10.5 Å². The third-order valence-corrected chi connectivity index (χ3v) is 4.77. The summed E-state index contributed by atoms with van der Waals surface area (Å²) in [7, 11) is 1.93. The molecule has 4 atom stereocenters. The molecule has 0 aromatic carbocycles. The Balaban J connectivity index is 1.81. The van der Waals surface area contributed by atoms with Gasteiger partial charge in [0.2, 0.25) is 5.91 Å². The van der Waals surface area contributed by atoms with Crippen LogP contribution in [0, 0.1) is 17.8 Å². The Morgan fingerprint density at radius 2 is 2.16 bits per heavy atom. The van der Waals surface area contributed by atoms with Crippen molar-refractivity contribution in [2.75, 3.05) is 26.8 Å². The molecule has 1 aliphatic heterocycles. The Labute approximate surface area is 116 Å². The number of nitrogens with two attached hydrogens (primary N) is 1. The van der Waals surface area contributed by atoms with Gasteiger partial charge in [-0.05, 0) is 43.9 Å². The zero-order valence-electron chi connectivity index (χ0n) is 12.3. The average Bonchev–Trinajstić information content (AvgIpc) is 2.42. The zero-order chi connectivity index (χ0) is 13.8. The molecule has 1 saturated carbocycles. The number of carbonyl (C=O) groups excluding carboxylic acids is 1. The molecule has 4 heteroatoms. The number of rotatable bonds is 3. The summed E-state index contributed by atoms with van der Waals surface area (Å²) in [5.74, 6) is 1.49. The van der Waals surface area contributed by atoms with Crippen molar-refractivity contribution in [1.29, 1.82) is 0 Å². The highest BCUT2D eigenvalue weighted by Gasteiger charge is 2.31. The van der Waals surface area contributed by atoms with Gasteiger partial charge >= 0.3 is 0 Å². The van der Waals surface area contributed by atoms with Crippen LogP contribution in [0.2, 0.25) is 0 Å². The lowest BCUT2D eigenvalue weighted by Gasteiger charge is -2.34. The van der Waals surface area contributed by atoms with Crippen LogP contribution in [-0.4, -0.2) is 43.7 Å². The van der Waals surface area contributed by atoms with Gasteiger partial charge in [-0.1, -0.05) is 6.92 Å². The fourth-order valence-corrected chi connectivity index (χ4v) is 3.32. The van der Waals surface area contributed by atoms with E-state index in [1.54, 1.807) is 0 Å². The van der Waals surface area contributed by atoms with Crippen LogP contribution >= 0.6 is 0 Å². The van der Waals surface area contributed by atoms with Gasteiger partial charge in [0.25, 0.3) is 0 Å². The fourth-order valence-electron chi connectivity index (χ4n) is 3.32. The summed E-state index contributed by atoms with van der Waals surface area (Å²) in [6, 6.07) is 0.189. The molecule has 2 fully saturated rings. The van der Waals surface area contributed by atoms with Crippen molar-refractivity contribution in [1.82, 2.24) is 4.90 Å². The lowest BCUT2D eigenvalue weighted by atomic mass is 9.79. The molecule has 1 saturated heterocycles. The van der Waals surface area contributed by atoms with Crippen molar-refractivity contribution in [3.05, 3.63) is 0 Å². The highest BCUT2D eigenvalue weighted by molar-refractivity contribution is 5.78. The van der Waals surface area contributed by atoms with E-state index in [1.807, 2.05) is 11.9 Å². The summed E-state index contributed by atoms with van der Waals surface area (Å²) in [5, 5.41) is 0. The standard InChI is InChI=1S/C15H28N2O2/c1-11-5-6-13(8-14(11)16)15(18)17(2)9-12-4-3-7-19-10-12/h11-14H,3-10,16H2,1-2H3. The third kappa shape index (κ3) is 3.93. The zero-order valence-corrected chi connectivity index (χ0v) is 12.3. The second-order valence-electron chi connectivity index (χ2n) is 6.45. The first-order valence-corrected chi connectivity index (χ1v) is 7.66. The minimum absolute atomic E-state index is 0.140. The predicted octanol–water partition coefficient (Wildman–Crippen LogP) is 1.63. The van der Waals surface area contributed by atoms with Crippen LogP contribution in [-0.2, 0) is 9.53 Å². The van der Waals surface area contributed by atoms with Crippen LogP contribution in [0.25, 0.3) is 0 Å². The molecule has 0 aromatic rings. The van der Waals surface area contributed by atoms with Gasteiger partial charge < -0.3 is 15.4 Å². The molecule has 0 aromatic heterocycles. The predicted molar refractivity (Wildman–Crippen MR) is 75.7 cm³/mol. The minimum Gasteiger partial charge on any atom is -0.381 e. The van der Waals surface area contributed by atoms with E-state index in [2.05, 4.69) is 6.92 Å². The Kier molecular flexibility index (Phi) is 5.22. The SMILES string of the molecule is CC1CCC(C(=O)N(C)CC2CCCOC2)CC1N. The van der Waals surface area contributed by atoms with Crippen molar-refractivity contribution in [2.24, 2.45) is 23.5 Å². The molecule has 4 unspecified atom stereocenters. The highest BCUT2D eigenvalue weighted by atomic mass is 16.5. The first-order valence-electron chi connectivity index (χ1n) is 7.66. The molecular weight excluding hydrogens is 240 g/mol. The van der Waals surface area contributed by atoms with Crippen molar-refractivity contribution < 1.29 is 9.53 Å². The van der Waals surface area contributed by atoms with E-state index in [0.29, 0.717) is 11.8 Å². The van der Waals surface area contributed by atoms with Crippen LogP contribution in [0.5, 0.6) is 0 Å². The number of hydrogen-bond acceptors (Lipinski definition) is 3. The smallest absolute Gasteiger partial charge is 0.225 e. The van der Waals surface area contributed by atoms with Gasteiger partial charge in [0, 0.05) is 32.2 Å². The first-order chi connectivity index (χ1) is 9.08. The van der Waals surface area contributed by atoms with E-state index in [0.717, 1.165) is 45.4 Å². The third-order valence-electron chi connectivity index (χ3n) is 4.77. The quantitative estimate of drug-likeness (QED) is 0.846. The summed E-state index contributed by atoms with van der Waals surface area (Å²) in [6.07, 6.45) is 5.24. The van der Waals surface area contributed by atoms with E-state index in [9.17, 15) is 4.79 Å². The summed E-state index contributed by atoms with van der Waals surface area (Å²) < 4.78 is 5.48. The number of hydrogen-bond donors (Lipinski definition) is 1. The van der Waals surface area contributed by atoms with Gasteiger partial charge in [0.15, 0.2) is 0 Å². The molecule has 19 heavy (non-hydrogen) atoms. The maximum atomic E-state index is 12.5. The average molecular weight is 268 g/mol. The summed E-state index contributed by atoms with van der Waals surface area (Å²) in [4.78, 5) is 14.4. The monoisotopic (exact) mass is 268 g/mol. The summed E-state index contributed by atoms with van der Waals surface area (Å²) >= 11 is 0. The number of carbonyl (C=O) groups is 1.